The number of likely N-dealkylation sites (tertiary alicyclic amines) is 1. The van der Waals surface area contributed by atoms with Crippen LogP contribution in [0.25, 0.3) is 10.9 Å². The van der Waals surface area contributed by atoms with E-state index >= 15 is 0 Å². The molecule has 11 nitrogen and oxygen atoms in total. The minimum atomic E-state index is -3.72. The molecule has 0 atom stereocenters. The summed E-state index contributed by atoms with van der Waals surface area (Å²) in [5, 5.41) is 3.81. The third kappa shape index (κ3) is 10.8. The topological polar surface area (TPSA) is 133 Å². The van der Waals surface area contributed by atoms with Crippen LogP contribution in [0.5, 0.6) is 11.5 Å². The molecular weight excluding hydrogens is 706 g/mol. The van der Waals surface area contributed by atoms with E-state index in [1.807, 2.05) is 18.2 Å². The van der Waals surface area contributed by atoms with Crippen LogP contribution in [0.15, 0.2) is 66.7 Å². The highest BCUT2D eigenvalue weighted by Gasteiger charge is 2.23. The van der Waals surface area contributed by atoms with Gasteiger partial charge in [-0.1, -0.05) is 30.2 Å². The number of fused-ring (bicyclic) bond motifs is 1. The average molecular weight is 752 g/mol. The van der Waals surface area contributed by atoms with Crippen molar-refractivity contribution in [2.45, 2.75) is 52.0 Å². The predicted molar refractivity (Wildman–Crippen MR) is 201 cm³/mol. The van der Waals surface area contributed by atoms with Gasteiger partial charge in [-0.15, -0.1) is 0 Å². The molecule has 0 saturated carbocycles. The van der Waals surface area contributed by atoms with E-state index in [1.165, 1.54) is 31.9 Å². The Labute approximate surface area is 310 Å². The maximum Gasteiger partial charge on any atom is 0.310 e. The number of hydrogen-bond acceptors (Lipinski definition) is 9. The molecule has 0 aliphatic carbocycles. The second-order valence-electron chi connectivity index (χ2n) is 13.0. The van der Waals surface area contributed by atoms with Gasteiger partial charge in [0.1, 0.15) is 17.3 Å². The summed E-state index contributed by atoms with van der Waals surface area (Å²) >= 11 is 6.01. The number of nitrogens with one attached hydrogen (secondary N) is 1. The van der Waals surface area contributed by atoms with Crippen molar-refractivity contribution in [1.82, 2.24) is 14.8 Å². The van der Waals surface area contributed by atoms with Crippen molar-refractivity contribution in [3.05, 3.63) is 94.1 Å². The van der Waals surface area contributed by atoms with E-state index in [1.54, 1.807) is 54.0 Å². The van der Waals surface area contributed by atoms with Gasteiger partial charge in [0.2, 0.25) is 5.91 Å². The third-order valence-electron chi connectivity index (χ3n) is 9.04. The molecule has 13 heteroatoms. The molecule has 0 unspecified atom stereocenters. The van der Waals surface area contributed by atoms with Crippen LogP contribution < -0.4 is 14.8 Å². The molecule has 1 aliphatic rings. The fourth-order valence-corrected chi connectivity index (χ4v) is 7.71. The molecular formula is C39H46ClN3O8S. The fraction of sp³-hybridized carbons (Fsp3) is 0.410. The number of hydrogen-bond donors (Lipinski definition) is 1. The van der Waals surface area contributed by atoms with Crippen molar-refractivity contribution in [2.24, 2.45) is 0 Å². The largest absolute Gasteiger partial charge is 0.497 e. The Morgan fingerprint density at radius 2 is 1.67 bits per heavy atom. The number of esters is 1. The summed E-state index contributed by atoms with van der Waals surface area (Å²) < 4.78 is 43.4. The first-order valence-corrected chi connectivity index (χ1v) is 19.8. The number of carbonyl (C=O) groups excluding carboxylic acids is 3. The summed E-state index contributed by atoms with van der Waals surface area (Å²) in [5.41, 5.74) is 3.40. The predicted octanol–water partition coefficient (Wildman–Crippen LogP) is 5.76. The zero-order chi connectivity index (χ0) is 37.1. The molecule has 0 spiro atoms. The Morgan fingerprint density at radius 1 is 0.904 bits per heavy atom. The summed E-state index contributed by atoms with van der Waals surface area (Å²) in [4.78, 5) is 41.2. The number of carbonyl (C=O) groups is 3. The van der Waals surface area contributed by atoms with Gasteiger partial charge in [0, 0.05) is 34.8 Å². The van der Waals surface area contributed by atoms with E-state index in [2.05, 4.69) is 16.3 Å². The second kappa shape index (κ2) is 18.4. The minimum absolute atomic E-state index is 0.0373. The lowest BCUT2D eigenvalue weighted by atomic mass is 10.1. The second-order valence-corrected chi connectivity index (χ2v) is 15.6. The van der Waals surface area contributed by atoms with Crippen LogP contribution in [0.4, 0.5) is 0 Å². The molecule has 52 heavy (non-hydrogen) atoms. The van der Waals surface area contributed by atoms with Gasteiger partial charge in [0.25, 0.3) is 5.91 Å². The molecule has 1 aromatic heterocycles. The van der Waals surface area contributed by atoms with Crippen LogP contribution >= 0.6 is 11.6 Å². The van der Waals surface area contributed by atoms with Crippen LogP contribution in [-0.4, -0.2) is 87.1 Å². The molecule has 0 bridgehead atoms. The first kappa shape index (κ1) is 38.8. The summed E-state index contributed by atoms with van der Waals surface area (Å²) in [6, 6.07) is 19.8. The molecule has 5 rings (SSSR count). The number of methoxy groups -OCH3 is 1. The smallest absolute Gasteiger partial charge is 0.310 e. The molecule has 1 saturated heterocycles. The highest BCUT2D eigenvalue weighted by molar-refractivity contribution is 7.92. The molecule has 0 radical (unpaired) electrons. The maximum absolute atomic E-state index is 13.5. The van der Waals surface area contributed by atoms with Crippen LogP contribution in [0.2, 0.25) is 5.02 Å². The van der Waals surface area contributed by atoms with Crippen molar-refractivity contribution in [2.75, 3.05) is 51.5 Å². The highest BCUT2D eigenvalue weighted by Crippen LogP contribution is 2.31. The van der Waals surface area contributed by atoms with Gasteiger partial charge in [-0.05, 0) is 111 Å². The first-order chi connectivity index (χ1) is 25.0. The first-order valence-electron chi connectivity index (χ1n) is 17.6. The average Bonchev–Trinajstić information content (AvgIpc) is 3.39. The zero-order valence-corrected chi connectivity index (χ0v) is 31.3. The standard InChI is InChI=1S/C39H46ClN3O8S/c1-28-34(35-24-32(49-2)15-16-36(35)43(28)39(46)30-11-13-31(40)14-12-30)25-38(45)51-21-8-22-52(47,48)27-37(44)41-17-7-20-50-33-10-6-9-29(23-33)26-42-18-4-3-5-19-42/h6,9-16,23-24H,3-5,7-8,17-22,25-27H2,1-2H3,(H,41,44). The molecule has 1 N–H and O–H groups in total. The number of aromatic nitrogens is 1. The Kier molecular flexibility index (Phi) is 13.7. The van der Waals surface area contributed by atoms with Crippen LogP contribution in [0, 0.1) is 6.92 Å². The molecule has 3 aromatic carbocycles. The van der Waals surface area contributed by atoms with Crippen molar-refractivity contribution in [1.29, 1.82) is 0 Å². The number of ether oxygens (including phenoxy) is 3. The van der Waals surface area contributed by atoms with Crippen LogP contribution in [-0.2, 0) is 37.1 Å². The van der Waals surface area contributed by atoms with Crippen molar-refractivity contribution in [3.63, 3.8) is 0 Å². The summed E-state index contributed by atoms with van der Waals surface area (Å²) in [5.74, 6) is -1.07. The summed E-state index contributed by atoms with van der Waals surface area (Å²) in [7, 11) is -2.19. The van der Waals surface area contributed by atoms with Crippen LogP contribution in [0.1, 0.15) is 59.3 Å². The highest BCUT2D eigenvalue weighted by atomic mass is 35.5. The lowest BCUT2D eigenvalue weighted by molar-refractivity contribution is -0.142. The molecule has 1 amide bonds. The van der Waals surface area contributed by atoms with Gasteiger partial charge in [0.15, 0.2) is 9.84 Å². The quantitative estimate of drug-likeness (QED) is 0.106. The fourth-order valence-electron chi connectivity index (χ4n) is 6.38. The van der Waals surface area contributed by atoms with E-state index in [9.17, 15) is 22.8 Å². The third-order valence-corrected chi connectivity index (χ3v) is 10.9. The molecule has 1 aliphatic heterocycles. The Balaban J connectivity index is 1.04. The van der Waals surface area contributed by atoms with Gasteiger partial charge in [0.05, 0.1) is 38.0 Å². The van der Waals surface area contributed by atoms with Crippen molar-refractivity contribution >= 4 is 50.1 Å². The number of nitrogens with zero attached hydrogens (tertiary/aromatic N) is 2. The summed E-state index contributed by atoms with van der Waals surface area (Å²) in [6.45, 7) is 5.43. The van der Waals surface area contributed by atoms with E-state index in [-0.39, 0.29) is 37.7 Å². The molecule has 1 fully saturated rings. The van der Waals surface area contributed by atoms with Crippen LogP contribution in [0.3, 0.4) is 0 Å². The zero-order valence-electron chi connectivity index (χ0n) is 29.7. The van der Waals surface area contributed by atoms with E-state index in [0.29, 0.717) is 51.5 Å². The van der Waals surface area contributed by atoms with Gasteiger partial charge >= 0.3 is 5.97 Å². The van der Waals surface area contributed by atoms with Gasteiger partial charge in [-0.2, -0.15) is 0 Å². The van der Waals surface area contributed by atoms with E-state index < -0.39 is 27.5 Å². The number of sulfone groups is 1. The number of benzene rings is 3. The van der Waals surface area contributed by atoms with Gasteiger partial charge in [-0.25, -0.2) is 8.42 Å². The van der Waals surface area contributed by atoms with Crippen molar-refractivity contribution in [3.8, 4) is 11.5 Å². The van der Waals surface area contributed by atoms with Gasteiger partial charge in [-0.3, -0.25) is 23.9 Å². The molecule has 278 valence electrons. The monoisotopic (exact) mass is 751 g/mol. The van der Waals surface area contributed by atoms with Crippen molar-refractivity contribution < 1.29 is 37.0 Å². The number of rotatable bonds is 17. The SMILES string of the molecule is COc1ccc2c(c1)c(CC(=O)OCCCS(=O)(=O)CC(=O)NCCCOc1cccc(CN3CCCCC3)c1)c(C)n2C(=O)c1ccc(Cl)cc1. The van der Waals surface area contributed by atoms with E-state index in [4.69, 9.17) is 25.8 Å². The lowest BCUT2D eigenvalue weighted by Gasteiger charge is -2.26. The lowest BCUT2D eigenvalue weighted by Crippen LogP contribution is -2.32. The molecule has 4 aromatic rings. The minimum Gasteiger partial charge on any atom is -0.497 e. The normalized spacial score (nSPS) is 13.5. The van der Waals surface area contributed by atoms with E-state index in [0.717, 1.165) is 25.4 Å². The molecule has 2 heterocycles. The summed E-state index contributed by atoms with van der Waals surface area (Å²) in [6.07, 6.45) is 4.20. The number of piperidine rings is 1. The Bertz CT molecular complexity index is 1970. The van der Waals surface area contributed by atoms with Gasteiger partial charge < -0.3 is 19.5 Å². The number of halogens is 1. The number of amides is 1. The maximum atomic E-state index is 13.5. The Hall–Kier alpha value is -4.39. The Morgan fingerprint density at radius 3 is 2.42 bits per heavy atom.